The highest BCUT2D eigenvalue weighted by atomic mass is 16.2. The highest BCUT2D eigenvalue weighted by molar-refractivity contribution is 5.75. The molecule has 0 aromatic carbocycles. The van der Waals surface area contributed by atoms with Gasteiger partial charge in [0.25, 0.3) is 0 Å². The minimum Gasteiger partial charge on any atom is -0.333 e. The minimum absolute atomic E-state index is 0.0276. The van der Waals surface area contributed by atoms with Crippen molar-refractivity contribution >= 4 is 17.2 Å². The summed E-state index contributed by atoms with van der Waals surface area (Å²) in [5.41, 5.74) is 1.73. The number of hydrogen-bond donors (Lipinski definition) is 1. The van der Waals surface area contributed by atoms with Crippen LogP contribution in [0.1, 0.15) is 70.7 Å². The third-order valence-corrected chi connectivity index (χ3v) is 5.49. The molecule has 6 nitrogen and oxygen atoms in total. The molecule has 1 aliphatic carbocycles. The first kappa shape index (κ1) is 17.3. The molecule has 2 aromatic rings. The normalized spacial score (nSPS) is 21.7. The molecule has 2 aromatic heterocycles. The fraction of sp³-hybridized carbons (Fsp3) is 0.650. The van der Waals surface area contributed by atoms with Crippen LogP contribution in [0.4, 0.5) is 4.79 Å². The zero-order valence-corrected chi connectivity index (χ0v) is 16.0. The Hall–Kier alpha value is -2.11. The number of aromatic nitrogens is 3. The lowest BCUT2D eigenvalue weighted by Gasteiger charge is -2.26. The lowest BCUT2D eigenvalue weighted by molar-refractivity contribution is 0.197. The fourth-order valence-corrected chi connectivity index (χ4v) is 4.32. The van der Waals surface area contributed by atoms with Gasteiger partial charge in [-0.3, -0.25) is 0 Å². The summed E-state index contributed by atoms with van der Waals surface area (Å²) in [4.78, 5) is 24.1. The van der Waals surface area contributed by atoms with Gasteiger partial charge in [0.15, 0.2) is 5.65 Å². The maximum atomic E-state index is 12.6. The van der Waals surface area contributed by atoms with Gasteiger partial charge >= 0.3 is 6.03 Å². The van der Waals surface area contributed by atoms with Gasteiger partial charge in [-0.1, -0.05) is 12.8 Å². The number of carbonyl (C=O) groups is 1. The Labute approximate surface area is 155 Å². The third kappa shape index (κ3) is 3.29. The van der Waals surface area contributed by atoms with E-state index in [1.54, 1.807) is 0 Å². The van der Waals surface area contributed by atoms with Gasteiger partial charge in [-0.25, -0.2) is 14.8 Å². The van der Waals surface area contributed by atoms with Crippen LogP contribution in [0.2, 0.25) is 0 Å². The van der Waals surface area contributed by atoms with Gasteiger partial charge in [0, 0.05) is 30.7 Å². The molecule has 2 aliphatic rings. The number of carbonyl (C=O) groups excluding carboxylic acids is 1. The predicted molar refractivity (Wildman–Crippen MR) is 102 cm³/mol. The maximum absolute atomic E-state index is 12.6. The van der Waals surface area contributed by atoms with Gasteiger partial charge in [-0.15, -0.1) is 0 Å². The van der Waals surface area contributed by atoms with Crippen molar-refractivity contribution in [1.82, 2.24) is 24.8 Å². The number of nitrogens with zero attached hydrogens (tertiary/aromatic N) is 4. The van der Waals surface area contributed by atoms with Crippen LogP contribution in [0.25, 0.3) is 11.2 Å². The monoisotopic (exact) mass is 355 g/mol. The second-order valence-electron chi connectivity index (χ2n) is 8.74. The number of urea groups is 1. The van der Waals surface area contributed by atoms with E-state index in [1.165, 1.54) is 31.5 Å². The maximum Gasteiger partial charge on any atom is 0.317 e. The van der Waals surface area contributed by atoms with Crippen LogP contribution < -0.4 is 5.32 Å². The van der Waals surface area contributed by atoms with Gasteiger partial charge in [0.1, 0.15) is 11.3 Å². The summed E-state index contributed by atoms with van der Waals surface area (Å²) in [7, 11) is 0. The summed E-state index contributed by atoms with van der Waals surface area (Å²) in [5.74, 6) is 1.71. The Kier molecular flexibility index (Phi) is 4.37. The summed E-state index contributed by atoms with van der Waals surface area (Å²) in [6, 6.07) is 4.29. The Morgan fingerprint density at radius 3 is 2.73 bits per heavy atom. The Morgan fingerprint density at radius 1 is 1.23 bits per heavy atom. The first-order chi connectivity index (χ1) is 12.4. The second kappa shape index (κ2) is 6.56. The Bertz CT molecular complexity index is 800. The van der Waals surface area contributed by atoms with Crippen LogP contribution in [-0.4, -0.2) is 44.1 Å². The molecule has 0 spiro atoms. The van der Waals surface area contributed by atoms with Gasteiger partial charge in [-0.05, 0) is 52.2 Å². The standard InChI is InChI=1S/C20H29N5O/c1-20(2,3)23-19(26)24-12-10-15(13-24)25-17(14-7-4-5-8-14)22-16-9-6-11-21-18(16)25/h6,9,11,14-15H,4-5,7-8,10,12-13H2,1-3H3,(H,23,26). The summed E-state index contributed by atoms with van der Waals surface area (Å²) in [5, 5.41) is 3.08. The lowest BCUT2D eigenvalue weighted by atomic mass is 10.1. The first-order valence-electron chi connectivity index (χ1n) is 9.82. The van der Waals surface area contributed by atoms with E-state index in [-0.39, 0.29) is 17.6 Å². The van der Waals surface area contributed by atoms with Crippen LogP contribution >= 0.6 is 0 Å². The molecule has 4 rings (SSSR count). The van der Waals surface area contributed by atoms with Crippen molar-refractivity contribution in [3.8, 4) is 0 Å². The molecule has 6 heteroatoms. The molecule has 1 saturated heterocycles. The smallest absolute Gasteiger partial charge is 0.317 e. The molecule has 1 atom stereocenters. The van der Waals surface area contributed by atoms with Crippen LogP contribution in [0.3, 0.4) is 0 Å². The van der Waals surface area contributed by atoms with Crippen LogP contribution in [0.5, 0.6) is 0 Å². The molecule has 2 amide bonds. The van der Waals surface area contributed by atoms with Crippen LogP contribution in [0, 0.1) is 0 Å². The van der Waals surface area contributed by atoms with E-state index in [2.05, 4.69) is 20.9 Å². The number of likely N-dealkylation sites (tertiary alicyclic amines) is 1. The number of hydrogen-bond acceptors (Lipinski definition) is 3. The van der Waals surface area contributed by atoms with Gasteiger partial charge < -0.3 is 14.8 Å². The van der Waals surface area contributed by atoms with Crippen molar-refractivity contribution in [2.24, 2.45) is 0 Å². The molecule has 0 bridgehead atoms. The topological polar surface area (TPSA) is 63.1 Å². The van der Waals surface area contributed by atoms with E-state index in [9.17, 15) is 4.79 Å². The molecule has 2 fully saturated rings. The summed E-state index contributed by atoms with van der Waals surface area (Å²) >= 11 is 0. The first-order valence-corrected chi connectivity index (χ1v) is 9.82. The van der Waals surface area contributed by atoms with Crippen molar-refractivity contribution < 1.29 is 4.79 Å². The molecule has 0 radical (unpaired) electrons. The molecule has 1 unspecified atom stereocenters. The van der Waals surface area contributed by atoms with E-state index in [1.807, 2.05) is 37.9 Å². The summed E-state index contributed by atoms with van der Waals surface area (Å²) in [6.07, 6.45) is 7.80. The number of fused-ring (bicyclic) bond motifs is 1. The zero-order valence-electron chi connectivity index (χ0n) is 16.0. The fourth-order valence-electron chi connectivity index (χ4n) is 4.32. The molecule has 1 saturated carbocycles. The quantitative estimate of drug-likeness (QED) is 0.890. The molecule has 140 valence electrons. The lowest BCUT2D eigenvalue weighted by Crippen LogP contribution is -2.47. The minimum atomic E-state index is -0.215. The van der Waals surface area contributed by atoms with Gasteiger partial charge in [-0.2, -0.15) is 0 Å². The largest absolute Gasteiger partial charge is 0.333 e. The average Bonchev–Trinajstić information content (AvgIpc) is 3.31. The highest BCUT2D eigenvalue weighted by Gasteiger charge is 2.33. The predicted octanol–water partition coefficient (Wildman–Crippen LogP) is 3.84. The zero-order chi connectivity index (χ0) is 18.3. The molecule has 26 heavy (non-hydrogen) atoms. The van der Waals surface area contributed by atoms with E-state index in [4.69, 9.17) is 4.98 Å². The second-order valence-corrected chi connectivity index (χ2v) is 8.74. The Morgan fingerprint density at radius 2 is 2.00 bits per heavy atom. The molecule has 3 heterocycles. The van der Waals surface area contributed by atoms with E-state index < -0.39 is 0 Å². The summed E-state index contributed by atoms with van der Waals surface area (Å²) in [6.45, 7) is 7.56. The average molecular weight is 355 g/mol. The van der Waals surface area contributed by atoms with Crippen molar-refractivity contribution in [1.29, 1.82) is 0 Å². The van der Waals surface area contributed by atoms with E-state index in [0.29, 0.717) is 5.92 Å². The van der Waals surface area contributed by atoms with Crippen molar-refractivity contribution in [3.05, 3.63) is 24.2 Å². The third-order valence-electron chi connectivity index (χ3n) is 5.49. The van der Waals surface area contributed by atoms with Crippen molar-refractivity contribution in [2.45, 2.75) is 70.4 Å². The van der Waals surface area contributed by atoms with Crippen LogP contribution in [-0.2, 0) is 0 Å². The number of amides is 2. The number of rotatable bonds is 2. The highest BCUT2D eigenvalue weighted by Crippen LogP contribution is 2.37. The van der Waals surface area contributed by atoms with Crippen molar-refractivity contribution in [3.63, 3.8) is 0 Å². The number of imidazole rings is 1. The SMILES string of the molecule is CC(C)(C)NC(=O)N1CCC(n2c(C3CCCC3)nc3cccnc32)C1. The summed E-state index contributed by atoms with van der Waals surface area (Å²) < 4.78 is 2.34. The molecular formula is C20H29N5O. The van der Waals surface area contributed by atoms with Crippen molar-refractivity contribution in [2.75, 3.05) is 13.1 Å². The molecular weight excluding hydrogens is 326 g/mol. The van der Waals surface area contributed by atoms with E-state index >= 15 is 0 Å². The number of nitrogens with one attached hydrogen (secondary N) is 1. The number of pyridine rings is 1. The van der Waals surface area contributed by atoms with Crippen LogP contribution in [0.15, 0.2) is 18.3 Å². The van der Waals surface area contributed by atoms with Gasteiger partial charge in [0.05, 0.1) is 6.04 Å². The van der Waals surface area contributed by atoms with E-state index in [0.717, 1.165) is 30.7 Å². The molecule has 1 N–H and O–H groups in total. The molecule has 1 aliphatic heterocycles. The van der Waals surface area contributed by atoms with Gasteiger partial charge in [0.2, 0.25) is 0 Å². The Balaban J connectivity index is 1.62.